The third-order valence-electron chi connectivity index (χ3n) is 0.788. The van der Waals surface area contributed by atoms with Crippen LogP contribution < -0.4 is 0 Å². The summed E-state index contributed by atoms with van der Waals surface area (Å²) in [6.45, 7) is 0.638. The molecule has 1 heterocycles. The smallest absolute Gasteiger partial charge is 0.305 e. The predicted molar refractivity (Wildman–Crippen MR) is 20.2 cm³/mol. The van der Waals surface area contributed by atoms with E-state index in [1.165, 1.54) is 0 Å². The Kier molecular flexibility index (Phi) is 0.783. The van der Waals surface area contributed by atoms with Gasteiger partial charge in [0.15, 0.2) is 0 Å². The van der Waals surface area contributed by atoms with E-state index >= 15 is 0 Å². The van der Waals surface area contributed by atoms with Crippen LogP contribution in [0, 0.1) is 0 Å². The minimum atomic E-state index is -0.0463. The molecule has 1 aliphatic heterocycles. The molecule has 0 radical (unpaired) electrons. The Balaban J connectivity index is 2.37. The van der Waals surface area contributed by atoms with Crippen LogP contribution in [0.3, 0.4) is 0 Å². The van der Waals surface area contributed by atoms with E-state index in [0.29, 0.717) is 13.0 Å². The van der Waals surface area contributed by atoms with Gasteiger partial charge in [-0.05, 0) is 6.42 Å². The maximum atomic E-state index is 10.0. The van der Waals surface area contributed by atoms with E-state index in [-0.39, 0.29) is 5.97 Å². The van der Waals surface area contributed by atoms with Gasteiger partial charge in [-0.15, -0.1) is 0 Å². The van der Waals surface area contributed by atoms with Crippen LogP contribution in [-0.4, -0.2) is 12.6 Å². The molecule has 0 aromatic rings. The van der Waals surface area contributed by atoms with Crippen LogP contribution in [0.5, 0.6) is 0 Å². The Bertz CT molecular complexity index is 59.9. The van der Waals surface area contributed by atoms with Crippen molar-refractivity contribution >= 4 is 5.97 Å². The van der Waals surface area contributed by atoms with Gasteiger partial charge in [-0.1, -0.05) is 0 Å². The number of rotatable bonds is 0. The predicted octanol–water partition coefficient (Wildman–Crippen LogP) is 0.323. The summed E-state index contributed by atoms with van der Waals surface area (Å²) in [5.74, 6) is -0.0463. The first-order valence-electron chi connectivity index (χ1n) is 2.05. The topological polar surface area (TPSA) is 26.3 Å². The quantitative estimate of drug-likeness (QED) is 0.316. The van der Waals surface area contributed by atoms with Crippen LogP contribution in [-0.2, 0) is 9.53 Å². The van der Waals surface area contributed by atoms with E-state index in [0.717, 1.165) is 6.42 Å². The highest BCUT2D eigenvalue weighted by Gasteiger charge is 2.08. The molecule has 34 valence electrons. The molecule has 6 heavy (non-hydrogen) atoms. The van der Waals surface area contributed by atoms with Crippen molar-refractivity contribution in [2.75, 3.05) is 6.61 Å². The standard InChI is InChI=1S/C4H6O2/c5-4-2-1-3-6-4/h1-3H2/i1+1,2+1,3+1,4+1. The molecule has 0 aromatic carbocycles. The van der Waals surface area contributed by atoms with E-state index in [1.807, 2.05) is 0 Å². The summed E-state index contributed by atoms with van der Waals surface area (Å²) < 4.78 is 4.51. The zero-order chi connectivity index (χ0) is 4.41. The van der Waals surface area contributed by atoms with Crippen molar-refractivity contribution in [3.63, 3.8) is 0 Å². The fourth-order valence-corrected chi connectivity index (χ4v) is 0.475. The highest BCUT2D eigenvalue weighted by molar-refractivity contribution is 5.70. The molecule has 1 aliphatic rings. The Hall–Kier alpha value is -0.530. The average Bonchev–Trinajstić information content (AvgIpc) is 1.86. The van der Waals surface area contributed by atoms with Gasteiger partial charge < -0.3 is 4.74 Å². The summed E-state index contributed by atoms with van der Waals surface area (Å²) >= 11 is 0. The van der Waals surface area contributed by atoms with Crippen molar-refractivity contribution in [3.05, 3.63) is 0 Å². The lowest BCUT2D eigenvalue weighted by Gasteiger charge is -1.81. The van der Waals surface area contributed by atoms with Crippen molar-refractivity contribution in [2.45, 2.75) is 12.8 Å². The molecule has 1 fully saturated rings. The Morgan fingerprint density at radius 2 is 2.50 bits per heavy atom. The zero-order valence-electron chi connectivity index (χ0n) is 3.44. The van der Waals surface area contributed by atoms with Crippen LogP contribution in [0.25, 0.3) is 0 Å². The summed E-state index contributed by atoms with van der Waals surface area (Å²) in [5, 5.41) is 0. The second-order valence-electron chi connectivity index (χ2n) is 1.32. The number of carbonyl (C=O) groups is 1. The van der Waals surface area contributed by atoms with Gasteiger partial charge in [-0.3, -0.25) is 4.79 Å². The van der Waals surface area contributed by atoms with Crippen molar-refractivity contribution in [3.8, 4) is 0 Å². The maximum Gasteiger partial charge on any atom is 0.305 e. The first-order valence-corrected chi connectivity index (χ1v) is 2.05. The van der Waals surface area contributed by atoms with Gasteiger partial charge in [-0.25, -0.2) is 0 Å². The summed E-state index contributed by atoms with van der Waals surface area (Å²) in [6.07, 6.45) is 1.54. The lowest BCUT2D eigenvalue weighted by Crippen LogP contribution is -1.88. The number of esters is 1. The van der Waals surface area contributed by atoms with E-state index in [9.17, 15) is 4.79 Å². The molecule has 1 saturated heterocycles. The maximum absolute atomic E-state index is 10.0. The molecule has 0 unspecified atom stereocenters. The summed E-state index contributed by atoms with van der Waals surface area (Å²) in [7, 11) is 0. The minimum Gasteiger partial charge on any atom is -0.466 e. The fraction of sp³-hybridized carbons (Fsp3) is 0.750. The molecule has 1 rings (SSSR count). The molecule has 2 heteroatoms. The monoisotopic (exact) mass is 90.1 g/mol. The van der Waals surface area contributed by atoms with Gasteiger partial charge in [0.25, 0.3) is 0 Å². The van der Waals surface area contributed by atoms with Crippen molar-refractivity contribution in [1.29, 1.82) is 0 Å². The molecule has 0 aliphatic carbocycles. The Morgan fingerprint density at radius 1 is 1.67 bits per heavy atom. The van der Waals surface area contributed by atoms with Gasteiger partial charge in [0.1, 0.15) is 0 Å². The van der Waals surface area contributed by atoms with Crippen molar-refractivity contribution in [2.24, 2.45) is 0 Å². The number of hydrogen-bond donors (Lipinski definition) is 0. The molecule has 0 aromatic heterocycles. The molecule has 0 saturated carbocycles. The van der Waals surface area contributed by atoms with Gasteiger partial charge >= 0.3 is 5.97 Å². The van der Waals surface area contributed by atoms with E-state index < -0.39 is 0 Å². The molecule has 2 nitrogen and oxygen atoms in total. The minimum absolute atomic E-state index is 0.0463. The number of carbonyl (C=O) groups excluding carboxylic acids is 1. The van der Waals surface area contributed by atoms with Crippen LogP contribution in [0.15, 0.2) is 0 Å². The number of cyclic esters (lactones) is 1. The first-order chi connectivity index (χ1) is 2.89. The van der Waals surface area contributed by atoms with E-state index in [2.05, 4.69) is 4.74 Å². The van der Waals surface area contributed by atoms with Gasteiger partial charge in [0, 0.05) is 6.42 Å². The van der Waals surface area contributed by atoms with Gasteiger partial charge in [-0.2, -0.15) is 0 Å². The zero-order valence-corrected chi connectivity index (χ0v) is 3.44. The number of ether oxygens (including phenoxy) is 1. The Labute approximate surface area is 36.1 Å². The SMILES string of the molecule is O=[13C]1[13CH2][13CH2][13CH2]O1. The number of hydrogen-bond acceptors (Lipinski definition) is 2. The highest BCUT2D eigenvalue weighted by Crippen LogP contribution is 2.01. The third kappa shape index (κ3) is 0.506. The Morgan fingerprint density at radius 3 is 2.67 bits per heavy atom. The fourth-order valence-electron chi connectivity index (χ4n) is 0.475. The molecule has 0 N–H and O–H groups in total. The summed E-state index contributed by atoms with van der Waals surface area (Å²) in [4.78, 5) is 10.0. The molecule has 0 bridgehead atoms. The van der Waals surface area contributed by atoms with Crippen LogP contribution >= 0.6 is 0 Å². The first kappa shape index (κ1) is 3.65. The van der Waals surface area contributed by atoms with Crippen LogP contribution in [0.2, 0.25) is 0 Å². The van der Waals surface area contributed by atoms with E-state index in [1.54, 1.807) is 0 Å². The highest BCUT2D eigenvalue weighted by atomic mass is 16.7. The third-order valence-corrected chi connectivity index (χ3v) is 0.788. The van der Waals surface area contributed by atoms with Crippen LogP contribution in [0.4, 0.5) is 0 Å². The second-order valence-corrected chi connectivity index (χ2v) is 1.32. The summed E-state index contributed by atoms with van der Waals surface area (Å²) in [6, 6.07) is 0. The lowest BCUT2D eigenvalue weighted by atomic mass is 11.4. The van der Waals surface area contributed by atoms with Crippen molar-refractivity contribution < 1.29 is 9.53 Å². The lowest BCUT2D eigenvalue weighted by molar-refractivity contribution is -0.137. The van der Waals surface area contributed by atoms with E-state index in [4.69, 9.17) is 0 Å². The van der Waals surface area contributed by atoms with Crippen LogP contribution in [0.1, 0.15) is 12.8 Å². The normalized spacial score (nSPS) is 21.0. The second kappa shape index (κ2) is 1.29. The molecular formula is C4H6O2. The average molecular weight is 90.1 g/mol. The summed E-state index contributed by atoms with van der Waals surface area (Å²) in [5.41, 5.74) is 0. The molecule has 0 atom stereocenters. The van der Waals surface area contributed by atoms with Crippen molar-refractivity contribution in [1.82, 2.24) is 0 Å². The molecule has 0 spiro atoms. The molecular weight excluding hydrogens is 84.0 g/mol. The largest absolute Gasteiger partial charge is 0.466 e. The molecule has 0 amide bonds. The van der Waals surface area contributed by atoms with Gasteiger partial charge in [0.05, 0.1) is 6.61 Å². The van der Waals surface area contributed by atoms with Gasteiger partial charge in [0.2, 0.25) is 0 Å².